The minimum atomic E-state index is 0.343. The molecule has 0 spiro atoms. The van der Waals surface area contributed by atoms with Gasteiger partial charge in [0, 0.05) is 10.4 Å². The third-order valence-corrected chi connectivity index (χ3v) is 6.40. The highest BCUT2D eigenvalue weighted by molar-refractivity contribution is 9.10. The Kier molecular flexibility index (Phi) is 3.53. The summed E-state index contributed by atoms with van der Waals surface area (Å²) in [5, 5.41) is 0. The Morgan fingerprint density at radius 2 is 1.62 bits per heavy atom. The zero-order valence-corrected chi connectivity index (χ0v) is 13.8. The van der Waals surface area contributed by atoms with Gasteiger partial charge in [-0.05, 0) is 59.9 Å². The van der Waals surface area contributed by atoms with Gasteiger partial charge in [0.2, 0.25) is 0 Å². The van der Waals surface area contributed by atoms with Crippen molar-refractivity contribution >= 4 is 27.8 Å². The lowest BCUT2D eigenvalue weighted by Gasteiger charge is -2.39. The van der Waals surface area contributed by atoms with Crippen LogP contribution < -0.4 is 0 Å². The van der Waals surface area contributed by atoms with E-state index in [4.69, 9.17) is 0 Å². The van der Waals surface area contributed by atoms with Gasteiger partial charge in [-0.3, -0.25) is 4.79 Å². The Morgan fingerprint density at radius 1 is 0.952 bits per heavy atom. The molecule has 0 amide bonds. The van der Waals surface area contributed by atoms with Gasteiger partial charge in [-0.1, -0.05) is 53.7 Å². The van der Waals surface area contributed by atoms with Gasteiger partial charge < -0.3 is 0 Å². The molecule has 110 valence electrons. The second kappa shape index (κ2) is 5.39. The molecule has 4 atom stereocenters. The van der Waals surface area contributed by atoms with E-state index in [0.29, 0.717) is 23.5 Å². The van der Waals surface area contributed by atoms with Crippen LogP contribution in [0.25, 0.3) is 6.08 Å². The fraction of sp³-hybridized carbons (Fsp3) is 0.526. The number of benzene rings is 1. The van der Waals surface area contributed by atoms with E-state index >= 15 is 0 Å². The van der Waals surface area contributed by atoms with Gasteiger partial charge in [0.25, 0.3) is 0 Å². The maximum atomic E-state index is 12.9. The number of Topliss-reactive ketones (excluding diaryl/α,β-unsaturated/α-hetero) is 1. The van der Waals surface area contributed by atoms with Crippen molar-refractivity contribution in [2.75, 3.05) is 0 Å². The number of carbonyl (C=O) groups excluding carboxylic acids is 1. The predicted molar refractivity (Wildman–Crippen MR) is 88.8 cm³/mol. The zero-order chi connectivity index (χ0) is 14.4. The van der Waals surface area contributed by atoms with Crippen molar-refractivity contribution in [3.63, 3.8) is 0 Å². The van der Waals surface area contributed by atoms with E-state index in [9.17, 15) is 4.79 Å². The highest BCUT2D eigenvalue weighted by Gasteiger charge is 2.51. The fourth-order valence-electron chi connectivity index (χ4n) is 5.03. The quantitative estimate of drug-likeness (QED) is 0.636. The lowest BCUT2D eigenvalue weighted by molar-refractivity contribution is -0.119. The summed E-state index contributed by atoms with van der Waals surface area (Å²) >= 11 is 3.47. The van der Waals surface area contributed by atoms with Crippen LogP contribution in [0.5, 0.6) is 0 Å². The van der Waals surface area contributed by atoms with Crippen LogP contribution in [0.3, 0.4) is 0 Å². The molecular formula is C19H21BrO. The molecule has 0 radical (unpaired) electrons. The average molecular weight is 345 g/mol. The van der Waals surface area contributed by atoms with Gasteiger partial charge >= 0.3 is 0 Å². The summed E-state index contributed by atoms with van der Waals surface area (Å²) in [5.41, 5.74) is 2.31. The lowest BCUT2D eigenvalue weighted by Crippen LogP contribution is -2.33. The molecule has 0 aromatic heterocycles. The van der Waals surface area contributed by atoms with Crippen LogP contribution in [-0.4, -0.2) is 5.78 Å². The molecular weight excluding hydrogens is 324 g/mol. The molecule has 21 heavy (non-hydrogen) atoms. The van der Waals surface area contributed by atoms with Crippen LogP contribution >= 0.6 is 15.9 Å². The van der Waals surface area contributed by atoms with E-state index in [2.05, 4.69) is 46.3 Å². The van der Waals surface area contributed by atoms with E-state index < -0.39 is 0 Å². The Balaban J connectivity index is 1.71. The molecule has 3 saturated carbocycles. The summed E-state index contributed by atoms with van der Waals surface area (Å²) in [5.74, 6) is 2.85. The number of hydrogen-bond acceptors (Lipinski definition) is 1. The first-order chi connectivity index (χ1) is 10.2. The third kappa shape index (κ3) is 2.32. The van der Waals surface area contributed by atoms with Crippen LogP contribution in [0.4, 0.5) is 0 Å². The summed E-state index contributed by atoms with van der Waals surface area (Å²) in [6.07, 6.45) is 9.83. The normalized spacial score (nSPS) is 36.8. The minimum absolute atomic E-state index is 0.343. The first-order valence-corrected chi connectivity index (χ1v) is 9.05. The summed E-state index contributed by atoms with van der Waals surface area (Å²) in [7, 11) is 0. The highest BCUT2D eigenvalue weighted by atomic mass is 79.9. The first kappa shape index (κ1) is 13.8. The van der Waals surface area contributed by atoms with Gasteiger partial charge in [0.05, 0.1) is 0 Å². The summed E-state index contributed by atoms with van der Waals surface area (Å²) in [6, 6.07) is 8.32. The molecule has 0 aliphatic heterocycles. The van der Waals surface area contributed by atoms with Crippen molar-refractivity contribution in [2.45, 2.75) is 38.5 Å². The van der Waals surface area contributed by atoms with Crippen LogP contribution in [0.1, 0.15) is 44.1 Å². The number of carbonyl (C=O) groups is 1. The van der Waals surface area contributed by atoms with Crippen molar-refractivity contribution in [3.05, 3.63) is 39.9 Å². The number of rotatable bonds is 1. The largest absolute Gasteiger partial charge is 0.294 e. The number of halogens is 1. The highest BCUT2D eigenvalue weighted by Crippen LogP contribution is 2.55. The van der Waals surface area contributed by atoms with Crippen molar-refractivity contribution < 1.29 is 4.79 Å². The second-order valence-corrected chi connectivity index (χ2v) is 7.84. The zero-order valence-electron chi connectivity index (χ0n) is 12.2. The standard InChI is InChI=1S/C19H21BrO/c20-14-9-7-12(8-10-14)11-17-15-5-1-3-13-4-2-6-16(18(13)15)19(17)21/h7-11,13,15-16,18H,1-6H2/b17-11+. The van der Waals surface area contributed by atoms with Crippen LogP contribution in [-0.2, 0) is 4.79 Å². The Morgan fingerprint density at radius 3 is 2.33 bits per heavy atom. The second-order valence-electron chi connectivity index (χ2n) is 6.93. The van der Waals surface area contributed by atoms with Crippen molar-refractivity contribution in [1.82, 2.24) is 0 Å². The van der Waals surface area contributed by atoms with Crippen molar-refractivity contribution in [3.8, 4) is 0 Å². The molecule has 4 unspecified atom stereocenters. The minimum Gasteiger partial charge on any atom is -0.294 e. The predicted octanol–water partition coefficient (Wildman–Crippen LogP) is 5.25. The number of allylic oxidation sites excluding steroid dienone is 1. The van der Waals surface area contributed by atoms with E-state index in [1.54, 1.807) is 0 Å². The number of hydrogen-bond donors (Lipinski definition) is 0. The van der Waals surface area contributed by atoms with Gasteiger partial charge in [-0.2, -0.15) is 0 Å². The topological polar surface area (TPSA) is 17.1 Å². The summed E-state index contributed by atoms with van der Waals surface area (Å²) < 4.78 is 1.09. The molecule has 0 N–H and O–H groups in total. The molecule has 0 bridgehead atoms. The number of ketones is 1. The molecule has 1 aromatic rings. The molecule has 2 heteroatoms. The molecule has 1 aromatic carbocycles. The SMILES string of the molecule is O=C1/C(=C/c2ccc(Br)cc2)C2CCCC3CCCC1C32. The Bertz CT molecular complexity index is 584. The summed E-state index contributed by atoms with van der Waals surface area (Å²) in [6.45, 7) is 0. The third-order valence-electron chi connectivity index (χ3n) is 5.87. The molecule has 3 aliphatic rings. The van der Waals surface area contributed by atoms with E-state index in [-0.39, 0.29) is 0 Å². The lowest BCUT2D eigenvalue weighted by atomic mass is 9.64. The maximum absolute atomic E-state index is 12.9. The molecule has 0 heterocycles. The smallest absolute Gasteiger partial charge is 0.162 e. The van der Waals surface area contributed by atoms with E-state index in [0.717, 1.165) is 22.4 Å². The fourth-order valence-corrected chi connectivity index (χ4v) is 5.30. The average Bonchev–Trinajstić information content (AvgIpc) is 2.78. The Hall–Kier alpha value is -0.890. The van der Waals surface area contributed by atoms with Crippen LogP contribution in [0, 0.1) is 23.7 Å². The van der Waals surface area contributed by atoms with Crippen LogP contribution in [0.2, 0.25) is 0 Å². The van der Waals surface area contributed by atoms with Gasteiger partial charge in [-0.15, -0.1) is 0 Å². The van der Waals surface area contributed by atoms with Gasteiger partial charge in [-0.25, -0.2) is 0 Å². The van der Waals surface area contributed by atoms with E-state index in [1.807, 2.05) is 0 Å². The first-order valence-electron chi connectivity index (χ1n) is 8.25. The molecule has 3 fully saturated rings. The Labute approximate surface area is 134 Å². The molecule has 0 saturated heterocycles. The van der Waals surface area contributed by atoms with Crippen LogP contribution in [0.15, 0.2) is 34.3 Å². The molecule has 3 aliphatic carbocycles. The van der Waals surface area contributed by atoms with E-state index in [1.165, 1.54) is 37.7 Å². The summed E-state index contributed by atoms with van der Waals surface area (Å²) in [4.78, 5) is 12.9. The van der Waals surface area contributed by atoms with Crippen molar-refractivity contribution in [1.29, 1.82) is 0 Å². The van der Waals surface area contributed by atoms with Gasteiger partial charge in [0.1, 0.15) is 0 Å². The molecule has 1 nitrogen and oxygen atoms in total. The van der Waals surface area contributed by atoms with Crippen molar-refractivity contribution in [2.24, 2.45) is 23.7 Å². The molecule has 4 rings (SSSR count). The monoisotopic (exact) mass is 344 g/mol. The maximum Gasteiger partial charge on any atom is 0.162 e. The van der Waals surface area contributed by atoms with Gasteiger partial charge in [0.15, 0.2) is 5.78 Å².